The van der Waals surface area contributed by atoms with E-state index < -0.39 is 5.60 Å². The molecule has 2 N–H and O–H groups in total. The maximum absolute atomic E-state index is 12.0. The van der Waals surface area contributed by atoms with Crippen molar-refractivity contribution in [3.05, 3.63) is 65.2 Å². The van der Waals surface area contributed by atoms with E-state index in [4.69, 9.17) is 4.74 Å². The van der Waals surface area contributed by atoms with E-state index in [0.29, 0.717) is 12.2 Å². The van der Waals surface area contributed by atoms with Crippen molar-refractivity contribution >= 4 is 5.91 Å². The summed E-state index contributed by atoms with van der Waals surface area (Å²) in [4.78, 5) is 12.0. The molecule has 0 aliphatic heterocycles. The minimum absolute atomic E-state index is 0.0530. The van der Waals surface area contributed by atoms with Gasteiger partial charge in [-0.05, 0) is 42.5 Å². The quantitative estimate of drug-likeness (QED) is 0.891. The van der Waals surface area contributed by atoms with Gasteiger partial charge in [-0.1, -0.05) is 42.5 Å². The molecule has 0 aromatic heterocycles. The van der Waals surface area contributed by atoms with Crippen molar-refractivity contribution < 1.29 is 14.6 Å². The minimum Gasteiger partial charge on any atom is -0.484 e. The zero-order valence-electron chi connectivity index (χ0n) is 13.2. The van der Waals surface area contributed by atoms with Gasteiger partial charge in [0.05, 0.1) is 6.54 Å². The smallest absolute Gasteiger partial charge is 0.258 e. The molecule has 1 atom stereocenters. The molecule has 4 heteroatoms. The maximum atomic E-state index is 12.0. The molecule has 120 valence electrons. The van der Waals surface area contributed by atoms with Crippen LogP contribution in [0.15, 0.2) is 48.5 Å². The van der Waals surface area contributed by atoms with Crippen LogP contribution >= 0.6 is 0 Å². The molecule has 0 radical (unpaired) electrons. The molecule has 1 unspecified atom stereocenters. The number of carbonyl (C=O) groups is 1. The van der Waals surface area contributed by atoms with Crippen LogP contribution in [0.3, 0.4) is 0 Å². The molecule has 0 spiro atoms. The van der Waals surface area contributed by atoms with Gasteiger partial charge in [0.15, 0.2) is 6.61 Å². The van der Waals surface area contributed by atoms with Crippen LogP contribution in [0.4, 0.5) is 0 Å². The van der Waals surface area contributed by atoms with Gasteiger partial charge in [-0.3, -0.25) is 4.79 Å². The van der Waals surface area contributed by atoms with E-state index in [9.17, 15) is 9.90 Å². The fourth-order valence-corrected chi connectivity index (χ4v) is 3.01. The molecule has 4 nitrogen and oxygen atoms in total. The predicted octanol–water partition coefficient (Wildman–Crippen LogP) is 2.32. The Hall–Kier alpha value is -2.33. The van der Waals surface area contributed by atoms with Crippen LogP contribution < -0.4 is 10.1 Å². The Morgan fingerprint density at radius 1 is 1.22 bits per heavy atom. The summed E-state index contributed by atoms with van der Waals surface area (Å²) >= 11 is 0. The van der Waals surface area contributed by atoms with Gasteiger partial charge in [-0.15, -0.1) is 0 Å². The Morgan fingerprint density at radius 3 is 2.78 bits per heavy atom. The molecule has 0 saturated carbocycles. The first kappa shape index (κ1) is 15.6. The maximum Gasteiger partial charge on any atom is 0.258 e. The van der Waals surface area contributed by atoms with Crippen molar-refractivity contribution in [1.82, 2.24) is 5.32 Å². The van der Waals surface area contributed by atoms with Gasteiger partial charge in [-0.25, -0.2) is 0 Å². The second kappa shape index (κ2) is 6.42. The molecule has 1 aliphatic rings. The number of aryl methyl sites for hydroxylation is 2. The van der Waals surface area contributed by atoms with Gasteiger partial charge in [0, 0.05) is 0 Å². The van der Waals surface area contributed by atoms with Gasteiger partial charge in [-0.2, -0.15) is 0 Å². The Labute approximate surface area is 136 Å². The minimum atomic E-state index is -0.977. The average Bonchev–Trinajstić information content (AvgIpc) is 2.90. The van der Waals surface area contributed by atoms with Crippen molar-refractivity contribution in [2.45, 2.75) is 25.4 Å². The van der Waals surface area contributed by atoms with Crippen LogP contribution in [-0.2, 0) is 16.8 Å². The molecule has 0 fully saturated rings. The number of nitrogens with one attached hydrogen (secondary N) is 1. The highest BCUT2D eigenvalue weighted by Gasteiger charge is 2.36. The number of ether oxygens (including phenoxy) is 1. The molecule has 0 heterocycles. The largest absolute Gasteiger partial charge is 0.484 e. The summed E-state index contributed by atoms with van der Waals surface area (Å²) in [6.45, 7) is 2.09. The summed E-state index contributed by atoms with van der Waals surface area (Å²) in [5, 5.41) is 13.5. The molecule has 1 amide bonds. The summed E-state index contributed by atoms with van der Waals surface area (Å²) in [5.74, 6) is 0.471. The van der Waals surface area contributed by atoms with E-state index in [1.165, 1.54) is 0 Å². The summed E-state index contributed by atoms with van der Waals surface area (Å²) in [5.41, 5.74) is 2.08. The van der Waals surface area contributed by atoms with Crippen molar-refractivity contribution in [3.8, 4) is 5.75 Å². The van der Waals surface area contributed by atoms with Crippen LogP contribution in [0.1, 0.15) is 23.1 Å². The lowest BCUT2D eigenvalue weighted by atomic mass is 9.96. The van der Waals surface area contributed by atoms with E-state index in [1.54, 1.807) is 0 Å². The van der Waals surface area contributed by atoms with Crippen molar-refractivity contribution in [3.63, 3.8) is 0 Å². The highest BCUT2D eigenvalue weighted by atomic mass is 16.5. The zero-order chi connectivity index (χ0) is 16.3. The third kappa shape index (κ3) is 3.37. The number of benzene rings is 2. The second-order valence-electron chi connectivity index (χ2n) is 6.02. The number of para-hydroxylation sites is 1. The summed E-state index contributed by atoms with van der Waals surface area (Å²) in [6.07, 6.45) is 1.47. The van der Waals surface area contributed by atoms with Gasteiger partial charge in [0.2, 0.25) is 0 Å². The van der Waals surface area contributed by atoms with Crippen molar-refractivity contribution in [2.24, 2.45) is 0 Å². The Balaban J connectivity index is 1.55. The Morgan fingerprint density at radius 2 is 1.96 bits per heavy atom. The zero-order valence-corrected chi connectivity index (χ0v) is 13.2. The van der Waals surface area contributed by atoms with Crippen LogP contribution in [-0.4, -0.2) is 24.2 Å². The number of aliphatic hydroxyl groups is 1. The van der Waals surface area contributed by atoms with E-state index in [0.717, 1.165) is 23.1 Å². The molecule has 2 aromatic carbocycles. The van der Waals surface area contributed by atoms with E-state index in [1.807, 2.05) is 55.5 Å². The van der Waals surface area contributed by atoms with E-state index >= 15 is 0 Å². The lowest BCUT2D eigenvalue weighted by Gasteiger charge is -2.24. The topological polar surface area (TPSA) is 58.6 Å². The molecular formula is C19H21NO3. The molecule has 23 heavy (non-hydrogen) atoms. The summed E-state index contributed by atoms with van der Waals surface area (Å²) in [7, 11) is 0. The molecule has 0 saturated heterocycles. The number of hydrogen-bond acceptors (Lipinski definition) is 3. The van der Waals surface area contributed by atoms with Gasteiger partial charge < -0.3 is 15.2 Å². The van der Waals surface area contributed by atoms with Gasteiger partial charge in [0.1, 0.15) is 11.4 Å². The fourth-order valence-electron chi connectivity index (χ4n) is 3.01. The van der Waals surface area contributed by atoms with Crippen LogP contribution in [0, 0.1) is 6.92 Å². The average molecular weight is 311 g/mol. The lowest BCUT2D eigenvalue weighted by molar-refractivity contribution is -0.124. The monoisotopic (exact) mass is 311 g/mol. The first-order valence-electron chi connectivity index (χ1n) is 7.84. The molecule has 1 aliphatic carbocycles. The first-order valence-corrected chi connectivity index (χ1v) is 7.84. The Bertz CT molecular complexity index is 713. The lowest BCUT2D eigenvalue weighted by Crippen LogP contribution is -2.41. The van der Waals surface area contributed by atoms with Gasteiger partial charge in [0.25, 0.3) is 5.91 Å². The van der Waals surface area contributed by atoms with Crippen LogP contribution in [0.2, 0.25) is 0 Å². The molecule has 0 bridgehead atoms. The number of rotatable bonds is 5. The molecule has 2 aromatic rings. The highest BCUT2D eigenvalue weighted by molar-refractivity contribution is 5.77. The van der Waals surface area contributed by atoms with Crippen LogP contribution in [0.25, 0.3) is 0 Å². The van der Waals surface area contributed by atoms with Crippen LogP contribution in [0.5, 0.6) is 5.75 Å². The SMILES string of the molecule is Cc1ccccc1OCC(=O)NCC1(O)CCc2ccccc21. The standard InChI is InChI=1S/C19H21NO3/c1-14-6-2-5-9-17(14)23-12-18(21)20-13-19(22)11-10-15-7-3-4-8-16(15)19/h2-9,22H,10-13H2,1H3,(H,20,21). The number of hydrogen-bond donors (Lipinski definition) is 2. The number of fused-ring (bicyclic) bond motifs is 1. The Kier molecular flexibility index (Phi) is 4.35. The third-order valence-electron chi connectivity index (χ3n) is 4.36. The van der Waals surface area contributed by atoms with E-state index in [2.05, 4.69) is 5.32 Å². The normalized spacial score (nSPS) is 19.2. The predicted molar refractivity (Wildman–Crippen MR) is 88.3 cm³/mol. The van der Waals surface area contributed by atoms with Crippen molar-refractivity contribution in [1.29, 1.82) is 0 Å². The van der Waals surface area contributed by atoms with Crippen molar-refractivity contribution in [2.75, 3.05) is 13.2 Å². The summed E-state index contributed by atoms with van der Waals surface area (Å²) < 4.78 is 5.52. The summed E-state index contributed by atoms with van der Waals surface area (Å²) in [6, 6.07) is 15.4. The molecule has 3 rings (SSSR count). The second-order valence-corrected chi connectivity index (χ2v) is 6.02. The fraction of sp³-hybridized carbons (Fsp3) is 0.316. The van der Waals surface area contributed by atoms with Gasteiger partial charge >= 0.3 is 0 Å². The number of amides is 1. The highest BCUT2D eigenvalue weighted by Crippen LogP contribution is 2.36. The first-order chi connectivity index (χ1) is 11.1. The third-order valence-corrected chi connectivity index (χ3v) is 4.36. The number of carbonyl (C=O) groups excluding carboxylic acids is 1. The molecular weight excluding hydrogens is 290 g/mol. The van der Waals surface area contributed by atoms with E-state index in [-0.39, 0.29) is 19.1 Å².